The van der Waals surface area contributed by atoms with Crippen LogP contribution in [0.15, 0.2) is 92.5 Å². The number of piperidine rings is 1. The number of rotatable bonds is 26. The fourth-order valence-corrected chi connectivity index (χ4v) is 19.8. The summed E-state index contributed by atoms with van der Waals surface area (Å²) in [7, 11) is 7.08. The van der Waals surface area contributed by atoms with Crippen molar-refractivity contribution in [1.82, 2.24) is 44.1 Å². The molecule has 7 unspecified atom stereocenters. The lowest BCUT2D eigenvalue weighted by Gasteiger charge is -2.45. The lowest BCUT2D eigenvalue weighted by Crippen LogP contribution is -2.52. The zero-order valence-electron chi connectivity index (χ0n) is 61.7. The molecule has 522 valence electrons. The summed E-state index contributed by atoms with van der Waals surface area (Å²) in [6.07, 6.45) is 39.0. The summed E-state index contributed by atoms with van der Waals surface area (Å²) in [4.78, 5) is 25.3. The number of benzene rings is 3. The molecule has 0 spiro atoms. The maximum Gasteiger partial charge on any atom is 0.0594 e. The highest BCUT2D eigenvalue weighted by Gasteiger charge is 2.63. The van der Waals surface area contributed by atoms with Gasteiger partial charge in [0.25, 0.3) is 0 Å². The van der Waals surface area contributed by atoms with Crippen LogP contribution in [0.1, 0.15) is 236 Å². The fraction of sp³-hybridized carbons (Fsp3) is 0.714. The number of likely N-dealkylation sites (N-methyl/N-ethyl adjacent to an activating group) is 3. The minimum atomic E-state index is 0.555. The molecule has 9 aliphatic rings. The Morgan fingerprint density at radius 2 is 0.617 bits per heavy atom. The molecule has 2 saturated heterocycles. The molecule has 0 N–H and O–H groups in total. The average molecular weight is 1290 g/mol. The molecule has 12 rings (SSSR count). The van der Waals surface area contributed by atoms with Gasteiger partial charge in [-0.05, 0) is 187 Å². The van der Waals surface area contributed by atoms with Crippen LogP contribution in [0.3, 0.4) is 0 Å². The first-order valence-electron chi connectivity index (χ1n) is 39.0. The smallest absolute Gasteiger partial charge is 0.0594 e. The van der Waals surface area contributed by atoms with Gasteiger partial charge < -0.3 is 4.74 Å². The Morgan fingerprint density at radius 1 is 0.351 bits per heavy atom. The molecular formula is C84H135N9O. The van der Waals surface area contributed by atoms with Crippen molar-refractivity contribution in [3.8, 4) is 0 Å². The van der Waals surface area contributed by atoms with Crippen LogP contribution in [0.25, 0.3) is 18.2 Å². The third kappa shape index (κ3) is 18.7. The summed E-state index contributed by atoms with van der Waals surface area (Å²) in [5.74, 6) is 0. The van der Waals surface area contributed by atoms with E-state index in [1.54, 1.807) is 0 Å². The third-order valence-corrected chi connectivity index (χ3v) is 24.2. The molecule has 0 amide bonds. The van der Waals surface area contributed by atoms with Crippen molar-refractivity contribution >= 4 is 18.2 Å². The van der Waals surface area contributed by atoms with Gasteiger partial charge in [0.2, 0.25) is 0 Å². The van der Waals surface area contributed by atoms with Crippen LogP contribution >= 0.6 is 0 Å². The highest BCUT2D eigenvalue weighted by atomic mass is 16.5. The van der Waals surface area contributed by atoms with Gasteiger partial charge in [-0.1, -0.05) is 194 Å². The van der Waals surface area contributed by atoms with Gasteiger partial charge in [-0.3, -0.25) is 44.1 Å². The van der Waals surface area contributed by atoms with E-state index in [0.717, 1.165) is 82.2 Å². The molecule has 0 aromatic heterocycles. The maximum atomic E-state index is 5.59. The van der Waals surface area contributed by atoms with E-state index < -0.39 is 0 Å². The zero-order valence-corrected chi connectivity index (χ0v) is 61.7. The van der Waals surface area contributed by atoms with Crippen molar-refractivity contribution in [2.45, 2.75) is 325 Å². The second kappa shape index (κ2) is 35.5. The van der Waals surface area contributed by atoms with E-state index in [2.05, 4.69) is 213 Å². The Labute approximate surface area is 575 Å². The van der Waals surface area contributed by atoms with Crippen LogP contribution in [-0.4, -0.2) is 207 Å². The summed E-state index contributed by atoms with van der Waals surface area (Å²) < 4.78 is 5.59. The monoisotopic (exact) mass is 1290 g/mol. The van der Waals surface area contributed by atoms with E-state index in [1.807, 2.05) is 18.2 Å². The molecule has 7 aliphatic carbocycles. The second-order valence-corrected chi connectivity index (χ2v) is 32.1. The predicted octanol–water partition coefficient (Wildman–Crippen LogP) is 16.6. The van der Waals surface area contributed by atoms with Gasteiger partial charge in [-0.2, -0.15) is 0 Å². The number of likely N-dealkylation sites (tertiary alicyclic amines) is 1. The molecule has 7 atom stereocenters. The Kier molecular flexibility index (Phi) is 27.6. The molecule has 10 heteroatoms. The van der Waals surface area contributed by atoms with Crippen molar-refractivity contribution in [1.29, 1.82) is 0 Å². The number of nitrogens with zero attached hydrogens (tertiary/aromatic N) is 9. The lowest BCUT2D eigenvalue weighted by molar-refractivity contribution is 0.0259. The van der Waals surface area contributed by atoms with Crippen LogP contribution in [0.4, 0.5) is 0 Å². The van der Waals surface area contributed by atoms with Crippen LogP contribution in [0.5, 0.6) is 0 Å². The molecule has 94 heavy (non-hydrogen) atoms. The molecular weight excluding hydrogens is 1150 g/mol. The largest absolute Gasteiger partial charge is 0.379 e. The van der Waals surface area contributed by atoms with Crippen molar-refractivity contribution in [2.24, 2.45) is 0 Å². The lowest BCUT2D eigenvalue weighted by atomic mass is 9.87. The minimum absolute atomic E-state index is 0.555. The molecule has 2 heterocycles. The van der Waals surface area contributed by atoms with Crippen molar-refractivity contribution in [3.63, 3.8) is 0 Å². The van der Waals surface area contributed by atoms with Crippen LogP contribution in [0.2, 0.25) is 0 Å². The van der Waals surface area contributed by atoms with Crippen LogP contribution in [-0.2, 0) is 24.4 Å². The Hall–Kier alpha value is -3.52. The summed E-state index contributed by atoms with van der Waals surface area (Å²) in [6.45, 7) is 40.0. The molecule has 0 bridgehead atoms. The summed E-state index contributed by atoms with van der Waals surface area (Å²) >= 11 is 0. The molecule has 3 aromatic rings. The van der Waals surface area contributed by atoms with E-state index in [0.29, 0.717) is 66.5 Å². The predicted molar refractivity (Wildman–Crippen MR) is 401 cm³/mol. The van der Waals surface area contributed by atoms with E-state index in [9.17, 15) is 0 Å². The SMILES string of the molecule is C=Cc1ccc(CN(C)C2C(N(C(C)C)C(C)C)C2N(C(C)C)C(C)C)cc1.C=Cc1ccc(CN(C)C2C(N(C3CCCCC3)C3CCCCC3)C2N(C2CCCCC2)C2CCCCC2)cc1.C=Cc1ccc(CN(C)C2C(N3CCCCC3)C2N2CCOCC2)cc1. The zero-order chi connectivity index (χ0) is 66.4. The van der Waals surface area contributed by atoms with Gasteiger partial charge in [0.1, 0.15) is 0 Å². The number of hydrogen-bond acceptors (Lipinski definition) is 10. The van der Waals surface area contributed by atoms with E-state index in [4.69, 9.17) is 4.74 Å². The van der Waals surface area contributed by atoms with E-state index in [-0.39, 0.29) is 0 Å². The number of morpholine rings is 1. The minimum Gasteiger partial charge on any atom is -0.379 e. The third-order valence-electron chi connectivity index (χ3n) is 24.2. The number of hydrogen-bond donors (Lipinski definition) is 0. The Balaban J connectivity index is 0.000000159. The second-order valence-electron chi connectivity index (χ2n) is 32.1. The van der Waals surface area contributed by atoms with Gasteiger partial charge >= 0.3 is 0 Å². The molecule has 9 fully saturated rings. The van der Waals surface area contributed by atoms with E-state index in [1.165, 1.54) is 194 Å². The quantitative estimate of drug-likeness (QED) is 0.0776. The van der Waals surface area contributed by atoms with Crippen LogP contribution in [0, 0.1) is 0 Å². The standard InChI is InChI=1S/C37H59N3.C25H43N3.C22H33N3O/c1-3-29-24-26-30(27-25-29)28-38(2)35-36(39(31-16-8-4-9-17-31)32-18-10-5-11-19-32)37(35)40(33-20-12-6-13-21-33)34-22-14-7-15-23-34;1-11-21-12-14-22(15-13-21)16-26(10)23-24(27(17(2)3)18(4)5)25(23)28(19(6)7)20(8)9;1-3-18-7-9-19(10-8-18)17-23(2)20-21(24-11-5-4-6-12-24)22(20)25-13-15-26-16-14-25/h3,24-27,31-37H,1,4-23,28H2,2H3;11-15,17-20,23-25H,1,16H2,2-10H3;3,7-10,20-22H,1,4-6,11-17H2,2H3. The Bertz CT molecular complexity index is 2540. The van der Waals surface area contributed by atoms with Crippen molar-refractivity contribution in [3.05, 3.63) is 126 Å². The highest BCUT2D eigenvalue weighted by Crippen LogP contribution is 2.49. The fourth-order valence-electron chi connectivity index (χ4n) is 19.8. The first kappa shape index (κ1) is 73.2. The summed E-state index contributed by atoms with van der Waals surface area (Å²) in [5.41, 5.74) is 7.84. The molecule has 2 aliphatic heterocycles. The maximum absolute atomic E-state index is 5.59. The number of ether oxygens (including phenoxy) is 1. The molecule has 7 saturated carbocycles. The molecule has 3 aromatic carbocycles. The van der Waals surface area contributed by atoms with Gasteiger partial charge in [0.15, 0.2) is 0 Å². The normalized spacial score (nSPS) is 27.8. The van der Waals surface area contributed by atoms with Crippen molar-refractivity contribution < 1.29 is 4.74 Å². The molecule has 0 radical (unpaired) electrons. The van der Waals surface area contributed by atoms with Gasteiger partial charge in [-0.15, -0.1) is 0 Å². The first-order valence-corrected chi connectivity index (χ1v) is 39.0. The van der Waals surface area contributed by atoms with Crippen molar-refractivity contribution in [2.75, 3.05) is 60.5 Å². The molecule has 10 nitrogen and oxygen atoms in total. The topological polar surface area (TPSA) is 38.4 Å². The van der Waals surface area contributed by atoms with Gasteiger partial charge in [0.05, 0.1) is 13.2 Å². The summed E-state index contributed by atoms with van der Waals surface area (Å²) in [5, 5.41) is 0. The Morgan fingerprint density at radius 3 is 0.904 bits per heavy atom. The first-order chi connectivity index (χ1) is 45.6. The van der Waals surface area contributed by atoms with Gasteiger partial charge in [0, 0.05) is 135 Å². The highest BCUT2D eigenvalue weighted by molar-refractivity contribution is 5.49. The average Bonchev–Trinajstić information content (AvgIpc) is 1.67. The summed E-state index contributed by atoms with van der Waals surface area (Å²) in [6, 6.07) is 38.3. The van der Waals surface area contributed by atoms with Crippen LogP contribution < -0.4 is 0 Å². The van der Waals surface area contributed by atoms with E-state index >= 15 is 0 Å². The van der Waals surface area contributed by atoms with Gasteiger partial charge in [-0.25, -0.2) is 0 Å².